The Morgan fingerprint density at radius 3 is 2.56 bits per heavy atom. The van der Waals surface area contributed by atoms with Gasteiger partial charge in [-0.15, -0.1) is 10.2 Å². The summed E-state index contributed by atoms with van der Waals surface area (Å²) in [7, 11) is 0. The minimum Gasteiger partial charge on any atom is -0.352 e. The van der Waals surface area contributed by atoms with Gasteiger partial charge in [0.15, 0.2) is 0 Å². The molecule has 1 atom stereocenters. The zero-order valence-electron chi connectivity index (χ0n) is 19.2. The van der Waals surface area contributed by atoms with Crippen molar-refractivity contribution in [2.24, 2.45) is 5.92 Å². The molecule has 1 aliphatic rings. The lowest BCUT2D eigenvalue weighted by atomic mass is 9.97. The molecule has 1 aromatic heterocycles. The maximum atomic E-state index is 13.0. The summed E-state index contributed by atoms with van der Waals surface area (Å²) in [4.78, 5) is 39.8. The first-order valence-electron chi connectivity index (χ1n) is 11.2. The molecule has 9 heteroatoms. The lowest BCUT2D eigenvalue weighted by Crippen LogP contribution is -2.45. The molecule has 1 aliphatic heterocycles. The van der Waals surface area contributed by atoms with Crippen molar-refractivity contribution in [2.45, 2.75) is 33.2 Å². The van der Waals surface area contributed by atoms with Crippen LogP contribution in [0.15, 0.2) is 48.5 Å². The number of carbonyl (C=O) groups excluding carboxylic acids is 3. The number of aromatic nitrogens is 2. The van der Waals surface area contributed by atoms with Gasteiger partial charge in [-0.25, -0.2) is 0 Å². The van der Waals surface area contributed by atoms with Crippen LogP contribution in [-0.2, 0) is 11.3 Å². The van der Waals surface area contributed by atoms with Crippen molar-refractivity contribution in [1.29, 1.82) is 0 Å². The third kappa shape index (κ3) is 5.85. The van der Waals surface area contributed by atoms with E-state index in [0.29, 0.717) is 25.3 Å². The van der Waals surface area contributed by atoms with Gasteiger partial charge in [0.25, 0.3) is 11.8 Å². The van der Waals surface area contributed by atoms with Crippen LogP contribution >= 0.6 is 11.3 Å². The van der Waals surface area contributed by atoms with Gasteiger partial charge in [0, 0.05) is 25.3 Å². The normalized spacial score (nSPS) is 15.6. The Bertz CT molecular complexity index is 1190. The van der Waals surface area contributed by atoms with E-state index in [0.717, 1.165) is 40.9 Å². The van der Waals surface area contributed by atoms with E-state index in [9.17, 15) is 14.4 Å². The van der Waals surface area contributed by atoms with Crippen LogP contribution in [0.5, 0.6) is 0 Å². The summed E-state index contributed by atoms with van der Waals surface area (Å²) in [5.74, 6) is -1.05. The van der Waals surface area contributed by atoms with E-state index < -0.39 is 5.91 Å². The average Bonchev–Trinajstić information content (AvgIpc) is 3.34. The predicted octanol–water partition coefficient (Wildman–Crippen LogP) is 3.58. The molecule has 4 rings (SSSR count). The van der Waals surface area contributed by atoms with Crippen molar-refractivity contribution >= 4 is 34.7 Å². The van der Waals surface area contributed by atoms with Crippen LogP contribution in [-0.4, -0.2) is 45.9 Å². The largest absolute Gasteiger partial charge is 0.352 e. The molecular weight excluding hydrogens is 450 g/mol. The van der Waals surface area contributed by atoms with E-state index in [1.165, 1.54) is 0 Å². The van der Waals surface area contributed by atoms with Crippen LogP contribution in [0.25, 0.3) is 0 Å². The monoisotopic (exact) mass is 477 g/mol. The number of carbonyl (C=O) groups is 3. The van der Waals surface area contributed by atoms with Crippen molar-refractivity contribution < 1.29 is 14.4 Å². The number of benzene rings is 2. The maximum absolute atomic E-state index is 13.0. The smallest absolute Gasteiger partial charge is 0.286 e. The number of rotatable bonds is 6. The van der Waals surface area contributed by atoms with Gasteiger partial charge in [0.1, 0.15) is 0 Å². The standard InChI is InChI=1S/C25H27N5O3S/c1-16-8-10-20(11-9-16)27-22(32)23-28-29-24(34-23)25(33)30-12-4-7-19(15-30)21(31)26-14-18-6-3-5-17(2)13-18/h3,5-6,8-11,13,19H,4,7,12,14-15H2,1-2H3,(H,26,31)(H,27,32). The first kappa shape index (κ1) is 23.6. The molecule has 8 nitrogen and oxygen atoms in total. The number of piperidine rings is 1. The molecule has 0 bridgehead atoms. The minimum absolute atomic E-state index is 0.0607. The van der Waals surface area contributed by atoms with E-state index in [1.807, 2.05) is 50.2 Å². The van der Waals surface area contributed by atoms with Crippen molar-refractivity contribution in [3.8, 4) is 0 Å². The van der Waals surface area contributed by atoms with E-state index in [-0.39, 0.29) is 27.7 Å². The molecule has 176 valence electrons. The second-order valence-electron chi connectivity index (χ2n) is 8.53. The lowest BCUT2D eigenvalue weighted by molar-refractivity contribution is -0.126. The summed E-state index contributed by atoms with van der Waals surface area (Å²) in [6, 6.07) is 15.4. The third-order valence-electron chi connectivity index (χ3n) is 5.74. The van der Waals surface area contributed by atoms with Crippen LogP contribution in [0.3, 0.4) is 0 Å². The summed E-state index contributed by atoms with van der Waals surface area (Å²) in [5, 5.41) is 13.9. The van der Waals surface area contributed by atoms with Crippen molar-refractivity contribution in [3.63, 3.8) is 0 Å². The molecule has 3 amide bonds. The Labute approximate surface area is 202 Å². The molecule has 0 saturated carbocycles. The Morgan fingerprint density at radius 2 is 1.79 bits per heavy atom. The number of nitrogens with zero attached hydrogens (tertiary/aromatic N) is 3. The van der Waals surface area contributed by atoms with Crippen molar-refractivity contribution in [1.82, 2.24) is 20.4 Å². The van der Waals surface area contributed by atoms with Crippen LogP contribution in [0.2, 0.25) is 0 Å². The minimum atomic E-state index is -0.410. The highest BCUT2D eigenvalue weighted by molar-refractivity contribution is 7.15. The molecule has 1 fully saturated rings. The van der Waals surface area contributed by atoms with Crippen LogP contribution in [0.4, 0.5) is 5.69 Å². The highest BCUT2D eigenvalue weighted by Crippen LogP contribution is 2.21. The number of hydrogen-bond donors (Lipinski definition) is 2. The Morgan fingerprint density at radius 1 is 1.03 bits per heavy atom. The van der Waals surface area contributed by atoms with Gasteiger partial charge in [0.2, 0.25) is 15.9 Å². The molecule has 2 N–H and O–H groups in total. The maximum Gasteiger partial charge on any atom is 0.286 e. The molecule has 2 aromatic carbocycles. The molecule has 34 heavy (non-hydrogen) atoms. The van der Waals surface area contributed by atoms with E-state index in [4.69, 9.17) is 0 Å². The van der Waals surface area contributed by atoms with Crippen LogP contribution < -0.4 is 10.6 Å². The average molecular weight is 478 g/mol. The highest BCUT2D eigenvalue weighted by Gasteiger charge is 2.30. The molecule has 0 spiro atoms. The number of amides is 3. The number of nitrogens with one attached hydrogen (secondary N) is 2. The number of likely N-dealkylation sites (tertiary alicyclic amines) is 1. The number of aryl methyl sites for hydroxylation is 2. The molecule has 1 saturated heterocycles. The molecule has 0 aliphatic carbocycles. The Kier molecular flexibility index (Phi) is 7.32. The fourth-order valence-electron chi connectivity index (χ4n) is 3.89. The zero-order chi connectivity index (χ0) is 24.1. The number of hydrogen-bond acceptors (Lipinski definition) is 6. The summed E-state index contributed by atoms with van der Waals surface area (Å²) >= 11 is 0.958. The number of anilines is 1. The van der Waals surface area contributed by atoms with E-state index >= 15 is 0 Å². The fraction of sp³-hybridized carbons (Fsp3) is 0.320. The van der Waals surface area contributed by atoms with Gasteiger partial charge in [-0.1, -0.05) is 58.9 Å². The van der Waals surface area contributed by atoms with Gasteiger partial charge < -0.3 is 15.5 Å². The lowest BCUT2D eigenvalue weighted by Gasteiger charge is -2.31. The summed E-state index contributed by atoms with van der Waals surface area (Å²) in [5.41, 5.74) is 3.92. The fourth-order valence-corrected chi connectivity index (χ4v) is 4.60. The molecule has 1 unspecified atom stereocenters. The third-order valence-corrected chi connectivity index (χ3v) is 6.65. The van der Waals surface area contributed by atoms with Gasteiger partial charge in [-0.2, -0.15) is 0 Å². The van der Waals surface area contributed by atoms with Crippen LogP contribution in [0.1, 0.15) is 49.1 Å². The SMILES string of the molecule is Cc1ccc(NC(=O)c2nnc(C(=O)N3CCCC(C(=O)NCc4cccc(C)c4)C3)s2)cc1. The zero-order valence-corrected chi connectivity index (χ0v) is 20.0. The summed E-state index contributed by atoms with van der Waals surface area (Å²) in [6.45, 7) is 5.31. The first-order valence-corrected chi connectivity index (χ1v) is 12.0. The quantitative estimate of drug-likeness (QED) is 0.565. The molecule has 0 radical (unpaired) electrons. The first-order chi connectivity index (χ1) is 16.4. The van der Waals surface area contributed by atoms with Gasteiger partial charge in [-0.3, -0.25) is 14.4 Å². The highest BCUT2D eigenvalue weighted by atomic mass is 32.1. The summed E-state index contributed by atoms with van der Waals surface area (Å²) in [6.07, 6.45) is 1.46. The summed E-state index contributed by atoms with van der Waals surface area (Å²) < 4.78 is 0. The molecule has 2 heterocycles. The topological polar surface area (TPSA) is 104 Å². The van der Waals surface area contributed by atoms with E-state index in [2.05, 4.69) is 20.8 Å². The van der Waals surface area contributed by atoms with Gasteiger partial charge >= 0.3 is 0 Å². The van der Waals surface area contributed by atoms with Gasteiger partial charge in [-0.05, 0) is 44.4 Å². The second-order valence-corrected chi connectivity index (χ2v) is 9.51. The van der Waals surface area contributed by atoms with Crippen LogP contribution in [0, 0.1) is 19.8 Å². The predicted molar refractivity (Wildman–Crippen MR) is 131 cm³/mol. The molecule has 3 aromatic rings. The molecular formula is C25H27N5O3S. The van der Waals surface area contributed by atoms with Crippen molar-refractivity contribution in [2.75, 3.05) is 18.4 Å². The Hall–Kier alpha value is -3.59. The Balaban J connectivity index is 1.33. The second kappa shape index (κ2) is 10.6. The van der Waals surface area contributed by atoms with Gasteiger partial charge in [0.05, 0.1) is 5.92 Å². The van der Waals surface area contributed by atoms with E-state index in [1.54, 1.807) is 17.0 Å². The van der Waals surface area contributed by atoms with Crippen molar-refractivity contribution in [3.05, 3.63) is 75.2 Å².